The van der Waals surface area contributed by atoms with E-state index < -0.39 is 0 Å². The van der Waals surface area contributed by atoms with Crippen LogP contribution in [0.25, 0.3) is 0 Å². The van der Waals surface area contributed by atoms with Crippen LogP contribution in [0, 0.1) is 11.3 Å². The molecule has 0 spiro atoms. The van der Waals surface area contributed by atoms with E-state index in [-0.39, 0.29) is 12.0 Å². The van der Waals surface area contributed by atoms with Crippen LogP contribution in [0.15, 0.2) is 42.9 Å². The van der Waals surface area contributed by atoms with E-state index in [1.54, 1.807) is 29.4 Å². The van der Waals surface area contributed by atoms with Crippen molar-refractivity contribution < 1.29 is 9.53 Å². The monoisotopic (exact) mass is 322 g/mol. The van der Waals surface area contributed by atoms with Crippen molar-refractivity contribution in [3.05, 3.63) is 59.7 Å². The smallest absolute Gasteiger partial charge is 0.255 e. The van der Waals surface area contributed by atoms with Crippen LogP contribution in [-0.4, -0.2) is 40.0 Å². The van der Waals surface area contributed by atoms with E-state index in [2.05, 4.69) is 9.97 Å². The first kappa shape index (κ1) is 16.1. The molecule has 1 amide bonds. The third-order valence-corrected chi connectivity index (χ3v) is 4.00. The standard InChI is InChI=1S/C18H18N4O2/c19-9-16-6-5-15(11-21-16)18(23)22-8-2-4-17(12-22)24-13-14-3-1-7-20-10-14/h1,3,5-7,10-11,17H,2,4,8,12-13H2/t17-/m0/s1. The maximum atomic E-state index is 12.6. The molecular formula is C18H18N4O2. The molecule has 3 rings (SSSR count). The van der Waals surface area contributed by atoms with Crippen molar-refractivity contribution >= 4 is 5.91 Å². The maximum Gasteiger partial charge on any atom is 0.255 e. The molecule has 24 heavy (non-hydrogen) atoms. The lowest BCUT2D eigenvalue weighted by Gasteiger charge is -2.32. The van der Waals surface area contributed by atoms with Crippen molar-refractivity contribution in [1.82, 2.24) is 14.9 Å². The number of ether oxygens (including phenoxy) is 1. The Morgan fingerprint density at radius 1 is 1.38 bits per heavy atom. The van der Waals surface area contributed by atoms with Gasteiger partial charge in [0, 0.05) is 31.7 Å². The average Bonchev–Trinajstić information content (AvgIpc) is 2.67. The summed E-state index contributed by atoms with van der Waals surface area (Å²) in [6.07, 6.45) is 6.85. The minimum atomic E-state index is -0.0679. The summed E-state index contributed by atoms with van der Waals surface area (Å²) in [5.41, 5.74) is 1.84. The highest BCUT2D eigenvalue weighted by Crippen LogP contribution is 2.17. The molecule has 122 valence electrons. The Balaban J connectivity index is 1.58. The lowest BCUT2D eigenvalue weighted by Crippen LogP contribution is -2.43. The fraction of sp³-hybridized carbons (Fsp3) is 0.333. The highest BCUT2D eigenvalue weighted by Gasteiger charge is 2.25. The largest absolute Gasteiger partial charge is 0.372 e. The number of nitriles is 1. The SMILES string of the molecule is N#Cc1ccc(C(=O)N2CCC[C@H](OCc3cccnc3)C2)cn1. The number of hydrogen-bond acceptors (Lipinski definition) is 5. The van der Waals surface area contributed by atoms with Crippen molar-refractivity contribution in [2.75, 3.05) is 13.1 Å². The van der Waals surface area contributed by atoms with E-state index in [1.165, 1.54) is 6.20 Å². The van der Waals surface area contributed by atoms with Gasteiger partial charge in [-0.15, -0.1) is 0 Å². The van der Waals surface area contributed by atoms with Crippen LogP contribution in [0.2, 0.25) is 0 Å². The van der Waals surface area contributed by atoms with Gasteiger partial charge in [0.25, 0.3) is 5.91 Å². The summed E-state index contributed by atoms with van der Waals surface area (Å²) in [6, 6.07) is 9.02. The molecule has 0 saturated carbocycles. The molecule has 1 atom stereocenters. The fourth-order valence-electron chi connectivity index (χ4n) is 2.73. The lowest BCUT2D eigenvalue weighted by atomic mass is 10.1. The fourth-order valence-corrected chi connectivity index (χ4v) is 2.73. The highest BCUT2D eigenvalue weighted by atomic mass is 16.5. The Morgan fingerprint density at radius 2 is 2.29 bits per heavy atom. The van der Waals surface area contributed by atoms with E-state index in [1.807, 2.05) is 18.2 Å². The minimum absolute atomic E-state index is 0.0225. The summed E-state index contributed by atoms with van der Waals surface area (Å²) >= 11 is 0. The Bertz CT molecular complexity index is 725. The van der Waals surface area contributed by atoms with Gasteiger partial charge in [-0.05, 0) is 36.6 Å². The Kier molecular flexibility index (Phi) is 5.14. The van der Waals surface area contributed by atoms with Crippen LogP contribution < -0.4 is 0 Å². The number of carbonyl (C=O) groups excluding carboxylic acids is 1. The Labute approximate surface area is 140 Å². The summed E-state index contributed by atoms with van der Waals surface area (Å²) < 4.78 is 5.93. The van der Waals surface area contributed by atoms with Crippen molar-refractivity contribution in [3.8, 4) is 6.07 Å². The quantitative estimate of drug-likeness (QED) is 0.862. The number of likely N-dealkylation sites (tertiary alicyclic amines) is 1. The molecule has 0 bridgehead atoms. The zero-order valence-corrected chi connectivity index (χ0v) is 13.3. The lowest BCUT2D eigenvalue weighted by molar-refractivity contribution is -0.00682. The topological polar surface area (TPSA) is 79.1 Å². The minimum Gasteiger partial charge on any atom is -0.372 e. The first-order chi connectivity index (χ1) is 11.8. The van der Waals surface area contributed by atoms with Crippen LogP contribution in [0.5, 0.6) is 0 Å². The van der Waals surface area contributed by atoms with Gasteiger partial charge in [0.2, 0.25) is 0 Å². The second-order valence-electron chi connectivity index (χ2n) is 5.73. The van der Waals surface area contributed by atoms with Crippen molar-refractivity contribution in [1.29, 1.82) is 5.26 Å². The number of rotatable bonds is 4. The molecule has 0 N–H and O–H groups in total. The summed E-state index contributed by atoms with van der Waals surface area (Å²) in [6.45, 7) is 1.78. The second-order valence-corrected chi connectivity index (χ2v) is 5.73. The van der Waals surface area contributed by atoms with Crippen molar-refractivity contribution in [2.24, 2.45) is 0 Å². The van der Waals surface area contributed by atoms with Gasteiger partial charge in [-0.25, -0.2) is 4.98 Å². The molecule has 6 heteroatoms. The molecule has 3 heterocycles. The van der Waals surface area contributed by atoms with Gasteiger partial charge >= 0.3 is 0 Å². The van der Waals surface area contributed by atoms with Gasteiger partial charge in [0.15, 0.2) is 0 Å². The van der Waals surface area contributed by atoms with E-state index in [4.69, 9.17) is 10.00 Å². The molecule has 2 aromatic rings. The normalized spacial score (nSPS) is 17.3. The first-order valence-electron chi connectivity index (χ1n) is 7.92. The van der Waals surface area contributed by atoms with E-state index >= 15 is 0 Å². The average molecular weight is 322 g/mol. The first-order valence-corrected chi connectivity index (χ1v) is 7.92. The van der Waals surface area contributed by atoms with Crippen LogP contribution in [-0.2, 0) is 11.3 Å². The summed E-state index contributed by atoms with van der Waals surface area (Å²) in [5.74, 6) is -0.0679. The third kappa shape index (κ3) is 3.94. The molecule has 1 aliphatic rings. The van der Waals surface area contributed by atoms with Gasteiger partial charge in [-0.3, -0.25) is 9.78 Å². The molecular weight excluding hydrogens is 304 g/mol. The van der Waals surface area contributed by atoms with E-state index in [9.17, 15) is 4.79 Å². The number of amides is 1. The molecule has 0 radical (unpaired) electrons. The van der Waals surface area contributed by atoms with Gasteiger partial charge < -0.3 is 9.64 Å². The Morgan fingerprint density at radius 3 is 3.00 bits per heavy atom. The van der Waals surface area contributed by atoms with E-state index in [0.29, 0.717) is 31.0 Å². The number of nitrogens with zero attached hydrogens (tertiary/aromatic N) is 4. The molecule has 0 unspecified atom stereocenters. The molecule has 1 aliphatic heterocycles. The maximum absolute atomic E-state index is 12.6. The predicted octanol–water partition coefficient (Wildman–Crippen LogP) is 2.17. The van der Waals surface area contributed by atoms with Gasteiger partial charge in [0.1, 0.15) is 11.8 Å². The number of pyridine rings is 2. The number of aromatic nitrogens is 2. The van der Waals surface area contributed by atoms with Gasteiger partial charge in [-0.1, -0.05) is 6.07 Å². The van der Waals surface area contributed by atoms with Crippen LogP contribution in [0.3, 0.4) is 0 Å². The summed E-state index contributed by atoms with van der Waals surface area (Å²) in [7, 11) is 0. The summed E-state index contributed by atoms with van der Waals surface area (Å²) in [4.78, 5) is 22.4. The molecule has 2 aromatic heterocycles. The third-order valence-electron chi connectivity index (χ3n) is 4.00. The number of piperidine rings is 1. The zero-order chi connectivity index (χ0) is 16.8. The number of carbonyl (C=O) groups is 1. The van der Waals surface area contributed by atoms with Gasteiger partial charge in [0.05, 0.1) is 18.3 Å². The second kappa shape index (κ2) is 7.66. The van der Waals surface area contributed by atoms with Crippen molar-refractivity contribution in [2.45, 2.75) is 25.6 Å². The zero-order valence-electron chi connectivity index (χ0n) is 13.3. The predicted molar refractivity (Wildman–Crippen MR) is 86.9 cm³/mol. The van der Waals surface area contributed by atoms with Crippen LogP contribution in [0.1, 0.15) is 34.5 Å². The van der Waals surface area contributed by atoms with Crippen molar-refractivity contribution in [3.63, 3.8) is 0 Å². The molecule has 1 fully saturated rings. The summed E-state index contributed by atoms with van der Waals surface area (Å²) in [5, 5.41) is 8.77. The molecule has 0 aliphatic carbocycles. The highest BCUT2D eigenvalue weighted by molar-refractivity contribution is 5.94. The number of hydrogen-bond donors (Lipinski definition) is 0. The molecule has 0 aromatic carbocycles. The van der Waals surface area contributed by atoms with E-state index in [0.717, 1.165) is 18.4 Å². The van der Waals surface area contributed by atoms with Crippen LogP contribution in [0.4, 0.5) is 0 Å². The van der Waals surface area contributed by atoms with Gasteiger partial charge in [-0.2, -0.15) is 5.26 Å². The van der Waals surface area contributed by atoms with Crippen LogP contribution >= 0.6 is 0 Å². The molecule has 6 nitrogen and oxygen atoms in total. The molecule has 1 saturated heterocycles. The Hall–Kier alpha value is -2.78.